The molecule has 0 bridgehead atoms. The minimum Gasteiger partial charge on any atom is -0.496 e. The second-order valence-electron chi connectivity index (χ2n) is 4.37. The van der Waals surface area contributed by atoms with Gasteiger partial charge in [0.05, 0.1) is 13.5 Å². The second-order valence-corrected chi connectivity index (χ2v) is 4.37. The van der Waals surface area contributed by atoms with E-state index < -0.39 is 0 Å². The zero-order chi connectivity index (χ0) is 14.2. The molecule has 1 aromatic carbocycles. The van der Waals surface area contributed by atoms with E-state index in [0.717, 1.165) is 30.0 Å². The van der Waals surface area contributed by atoms with Gasteiger partial charge in [-0.15, -0.1) is 0 Å². The van der Waals surface area contributed by atoms with Crippen LogP contribution in [-0.4, -0.2) is 34.7 Å². The van der Waals surface area contributed by atoms with Crippen LogP contribution in [0.1, 0.15) is 17.8 Å². The van der Waals surface area contributed by atoms with Gasteiger partial charge in [0.1, 0.15) is 17.9 Å². The van der Waals surface area contributed by atoms with Gasteiger partial charge in [0.25, 0.3) is 0 Å². The van der Waals surface area contributed by atoms with Crippen LogP contribution >= 0.6 is 0 Å². The van der Waals surface area contributed by atoms with Crippen LogP contribution in [0.25, 0.3) is 0 Å². The number of rotatable bonds is 7. The molecule has 0 saturated heterocycles. The minimum absolute atomic E-state index is 0.00734. The molecule has 0 aliphatic rings. The largest absolute Gasteiger partial charge is 0.496 e. The van der Waals surface area contributed by atoms with E-state index in [-0.39, 0.29) is 5.91 Å². The van der Waals surface area contributed by atoms with E-state index in [4.69, 9.17) is 4.74 Å². The maximum absolute atomic E-state index is 11.8. The molecule has 1 amide bonds. The number of aromatic nitrogens is 3. The van der Waals surface area contributed by atoms with Crippen molar-refractivity contribution in [1.82, 2.24) is 20.5 Å². The third kappa shape index (κ3) is 4.08. The van der Waals surface area contributed by atoms with Crippen molar-refractivity contribution >= 4 is 5.91 Å². The third-order valence-corrected chi connectivity index (χ3v) is 2.92. The van der Waals surface area contributed by atoms with Gasteiger partial charge in [-0.2, -0.15) is 5.10 Å². The number of amides is 1. The zero-order valence-electron chi connectivity index (χ0n) is 11.4. The maximum Gasteiger partial charge on any atom is 0.224 e. The number of para-hydroxylation sites is 1. The lowest BCUT2D eigenvalue weighted by Crippen LogP contribution is -2.26. The molecule has 20 heavy (non-hydrogen) atoms. The highest BCUT2D eigenvalue weighted by atomic mass is 16.5. The molecule has 0 radical (unpaired) electrons. The fraction of sp³-hybridized carbons (Fsp3) is 0.357. The first-order chi connectivity index (χ1) is 9.79. The Balaban J connectivity index is 1.72. The van der Waals surface area contributed by atoms with Crippen LogP contribution in [-0.2, 0) is 17.6 Å². The average Bonchev–Trinajstić information content (AvgIpc) is 2.97. The summed E-state index contributed by atoms with van der Waals surface area (Å²) < 4.78 is 5.22. The summed E-state index contributed by atoms with van der Waals surface area (Å²) in [4.78, 5) is 15.9. The lowest BCUT2D eigenvalue weighted by Gasteiger charge is -2.08. The Kier molecular flexibility index (Phi) is 5.11. The van der Waals surface area contributed by atoms with Crippen LogP contribution < -0.4 is 10.1 Å². The van der Waals surface area contributed by atoms with E-state index in [1.54, 1.807) is 7.11 Å². The molecule has 6 nitrogen and oxygen atoms in total. The predicted octanol–water partition coefficient (Wildman–Crippen LogP) is 1.10. The molecule has 106 valence electrons. The number of carbonyl (C=O) groups excluding carboxylic acids is 1. The monoisotopic (exact) mass is 274 g/mol. The van der Waals surface area contributed by atoms with E-state index in [1.807, 2.05) is 24.3 Å². The predicted molar refractivity (Wildman–Crippen MR) is 74.4 cm³/mol. The van der Waals surface area contributed by atoms with Crippen molar-refractivity contribution in [3.63, 3.8) is 0 Å². The summed E-state index contributed by atoms with van der Waals surface area (Å²) in [7, 11) is 1.61. The van der Waals surface area contributed by atoms with Gasteiger partial charge in [-0.3, -0.25) is 9.89 Å². The molecule has 0 atom stereocenters. The number of ether oxygens (including phenoxy) is 1. The summed E-state index contributed by atoms with van der Waals surface area (Å²) in [5.74, 6) is 1.57. The smallest absolute Gasteiger partial charge is 0.224 e. The van der Waals surface area contributed by atoms with Crippen LogP contribution in [0.4, 0.5) is 0 Å². The first-order valence-electron chi connectivity index (χ1n) is 6.52. The van der Waals surface area contributed by atoms with Gasteiger partial charge in [-0.05, 0) is 12.5 Å². The first-order valence-corrected chi connectivity index (χ1v) is 6.52. The van der Waals surface area contributed by atoms with Crippen LogP contribution in [0.2, 0.25) is 0 Å². The van der Waals surface area contributed by atoms with Crippen molar-refractivity contribution < 1.29 is 9.53 Å². The quantitative estimate of drug-likeness (QED) is 0.741. The Hall–Kier alpha value is -2.37. The van der Waals surface area contributed by atoms with Crippen LogP contribution in [0, 0.1) is 0 Å². The molecule has 0 aliphatic carbocycles. The summed E-state index contributed by atoms with van der Waals surface area (Å²) in [5.41, 5.74) is 0.891. The van der Waals surface area contributed by atoms with Crippen molar-refractivity contribution in [3.8, 4) is 5.75 Å². The number of aromatic amines is 1. The van der Waals surface area contributed by atoms with Gasteiger partial charge in [-0.25, -0.2) is 4.98 Å². The molecule has 2 aromatic rings. The third-order valence-electron chi connectivity index (χ3n) is 2.92. The maximum atomic E-state index is 11.8. The van der Waals surface area contributed by atoms with Crippen LogP contribution in [0.3, 0.4) is 0 Å². The normalized spacial score (nSPS) is 10.2. The van der Waals surface area contributed by atoms with Gasteiger partial charge in [0.15, 0.2) is 0 Å². The molecular weight excluding hydrogens is 256 g/mol. The van der Waals surface area contributed by atoms with Crippen molar-refractivity contribution in [2.75, 3.05) is 13.7 Å². The summed E-state index contributed by atoms with van der Waals surface area (Å²) in [6, 6.07) is 7.53. The lowest BCUT2D eigenvalue weighted by molar-refractivity contribution is -0.120. The SMILES string of the molecule is COc1ccccc1CC(=O)NCCCc1ncn[nH]1. The number of aryl methyl sites for hydroxylation is 1. The van der Waals surface area contributed by atoms with Crippen molar-refractivity contribution in [2.24, 2.45) is 0 Å². The molecule has 1 aromatic heterocycles. The number of H-pyrrole nitrogens is 1. The average molecular weight is 274 g/mol. The first kappa shape index (κ1) is 14.0. The molecule has 1 heterocycles. The topological polar surface area (TPSA) is 79.9 Å². The number of nitrogens with one attached hydrogen (secondary N) is 2. The van der Waals surface area contributed by atoms with E-state index in [2.05, 4.69) is 20.5 Å². The summed E-state index contributed by atoms with van der Waals surface area (Å²) in [6.45, 7) is 0.620. The number of benzene rings is 1. The molecule has 2 rings (SSSR count). The van der Waals surface area contributed by atoms with Gasteiger partial charge >= 0.3 is 0 Å². The fourth-order valence-corrected chi connectivity index (χ4v) is 1.92. The Morgan fingerprint density at radius 1 is 1.40 bits per heavy atom. The highest BCUT2D eigenvalue weighted by molar-refractivity contribution is 5.79. The van der Waals surface area contributed by atoms with Crippen molar-refractivity contribution in [2.45, 2.75) is 19.3 Å². The number of methoxy groups -OCH3 is 1. The highest BCUT2D eigenvalue weighted by Crippen LogP contribution is 2.17. The van der Waals surface area contributed by atoms with E-state index in [0.29, 0.717) is 13.0 Å². The summed E-state index contributed by atoms with van der Waals surface area (Å²) in [5, 5.41) is 9.45. The minimum atomic E-state index is -0.00734. The molecule has 6 heteroatoms. The molecule has 0 unspecified atom stereocenters. The standard InChI is InChI=1S/C14H18N4O2/c1-20-12-6-3-2-5-11(12)9-14(19)15-8-4-7-13-16-10-17-18-13/h2-3,5-6,10H,4,7-9H2,1H3,(H,15,19)(H,16,17,18). The number of carbonyl (C=O) groups is 1. The zero-order valence-corrected chi connectivity index (χ0v) is 11.4. The van der Waals surface area contributed by atoms with Gasteiger partial charge in [-0.1, -0.05) is 18.2 Å². The molecule has 0 saturated carbocycles. The molecular formula is C14H18N4O2. The second kappa shape index (κ2) is 7.28. The van der Waals surface area contributed by atoms with Crippen LogP contribution in [0.5, 0.6) is 5.75 Å². The van der Waals surface area contributed by atoms with Gasteiger partial charge in [0, 0.05) is 18.5 Å². The molecule has 0 spiro atoms. The van der Waals surface area contributed by atoms with Gasteiger partial charge < -0.3 is 10.1 Å². The van der Waals surface area contributed by atoms with Gasteiger partial charge in [0.2, 0.25) is 5.91 Å². The number of hydrogen-bond acceptors (Lipinski definition) is 4. The van der Waals surface area contributed by atoms with Crippen molar-refractivity contribution in [3.05, 3.63) is 42.0 Å². The fourth-order valence-electron chi connectivity index (χ4n) is 1.92. The van der Waals surface area contributed by atoms with Crippen LogP contribution in [0.15, 0.2) is 30.6 Å². The Labute approximate surface area is 117 Å². The summed E-state index contributed by atoms with van der Waals surface area (Å²) >= 11 is 0. The van der Waals surface area contributed by atoms with Crippen molar-refractivity contribution in [1.29, 1.82) is 0 Å². The molecule has 2 N–H and O–H groups in total. The Morgan fingerprint density at radius 3 is 3.00 bits per heavy atom. The summed E-state index contributed by atoms with van der Waals surface area (Å²) in [6.07, 6.45) is 3.41. The number of hydrogen-bond donors (Lipinski definition) is 2. The Morgan fingerprint density at radius 2 is 2.25 bits per heavy atom. The lowest BCUT2D eigenvalue weighted by atomic mass is 10.1. The Bertz CT molecular complexity index is 540. The highest BCUT2D eigenvalue weighted by Gasteiger charge is 2.07. The van der Waals surface area contributed by atoms with E-state index in [9.17, 15) is 4.79 Å². The van der Waals surface area contributed by atoms with E-state index in [1.165, 1.54) is 6.33 Å². The molecule has 0 fully saturated rings. The van der Waals surface area contributed by atoms with E-state index >= 15 is 0 Å². The number of nitrogens with zero attached hydrogens (tertiary/aromatic N) is 2. The molecule has 0 aliphatic heterocycles.